The molecule has 86 valence electrons. The second-order valence-electron chi connectivity index (χ2n) is 2.92. The number of thioether (sulfide) groups is 1. The molecule has 1 aromatic rings. The second kappa shape index (κ2) is 6.40. The van der Waals surface area contributed by atoms with E-state index in [1.165, 1.54) is 11.8 Å². The van der Waals surface area contributed by atoms with E-state index in [0.29, 0.717) is 5.02 Å². The fourth-order valence-corrected chi connectivity index (χ4v) is 1.97. The first-order valence-electron chi connectivity index (χ1n) is 4.45. The van der Waals surface area contributed by atoms with E-state index in [0.717, 1.165) is 4.90 Å². The summed E-state index contributed by atoms with van der Waals surface area (Å²) in [6.45, 7) is -0.352. The molecule has 0 aromatic heterocycles. The number of carbonyl (C=O) groups excluding carboxylic acids is 1. The van der Waals surface area contributed by atoms with Crippen LogP contribution in [0.5, 0.6) is 0 Å². The van der Waals surface area contributed by atoms with Crippen LogP contribution in [0.1, 0.15) is 0 Å². The van der Waals surface area contributed by atoms with Gasteiger partial charge in [0, 0.05) is 9.92 Å². The molecule has 0 unspecified atom stereocenters. The van der Waals surface area contributed by atoms with Gasteiger partial charge in [-0.25, -0.2) is 0 Å². The number of amides is 1. The van der Waals surface area contributed by atoms with Gasteiger partial charge in [-0.05, 0) is 18.2 Å². The number of hydrogen-bond donors (Lipinski definition) is 2. The number of carboxylic acid groups (broad SMARTS) is 1. The van der Waals surface area contributed by atoms with Crippen LogP contribution in [0.2, 0.25) is 5.02 Å². The average molecular weight is 260 g/mol. The Kier molecular flexibility index (Phi) is 5.14. The Morgan fingerprint density at radius 3 is 2.81 bits per heavy atom. The van der Waals surface area contributed by atoms with Gasteiger partial charge in [0.15, 0.2) is 0 Å². The predicted molar refractivity (Wildman–Crippen MR) is 62.8 cm³/mol. The normalized spacial score (nSPS) is 9.81. The Bertz CT molecular complexity index is 397. The molecule has 1 amide bonds. The Hall–Kier alpha value is -1.20. The Labute approximate surface area is 102 Å². The molecule has 1 rings (SSSR count). The summed E-state index contributed by atoms with van der Waals surface area (Å²) in [6, 6.07) is 7.12. The fraction of sp³-hybridized carbons (Fsp3) is 0.200. The number of carbonyl (C=O) groups is 2. The number of hydrogen-bond acceptors (Lipinski definition) is 3. The fourth-order valence-electron chi connectivity index (χ4n) is 0.931. The molecule has 0 fully saturated rings. The smallest absolute Gasteiger partial charge is 0.322 e. The van der Waals surface area contributed by atoms with E-state index in [9.17, 15) is 9.59 Å². The summed E-state index contributed by atoms with van der Waals surface area (Å²) in [5.41, 5.74) is 0. The second-order valence-corrected chi connectivity index (χ2v) is 4.40. The van der Waals surface area contributed by atoms with Crippen molar-refractivity contribution in [3.8, 4) is 0 Å². The third-order valence-electron chi connectivity index (χ3n) is 1.60. The lowest BCUT2D eigenvalue weighted by molar-refractivity contribution is -0.137. The topological polar surface area (TPSA) is 66.4 Å². The lowest BCUT2D eigenvalue weighted by Crippen LogP contribution is -2.30. The highest BCUT2D eigenvalue weighted by molar-refractivity contribution is 8.00. The van der Waals surface area contributed by atoms with Crippen LogP contribution in [-0.2, 0) is 9.59 Å². The number of carboxylic acids is 1. The molecule has 0 aliphatic heterocycles. The number of rotatable bonds is 5. The quantitative estimate of drug-likeness (QED) is 0.789. The van der Waals surface area contributed by atoms with Crippen LogP contribution >= 0.6 is 23.4 Å². The van der Waals surface area contributed by atoms with Gasteiger partial charge in [0.25, 0.3) is 0 Å². The number of nitrogens with one attached hydrogen (secondary N) is 1. The molecule has 0 atom stereocenters. The highest BCUT2D eigenvalue weighted by atomic mass is 35.5. The van der Waals surface area contributed by atoms with Crippen molar-refractivity contribution in [1.82, 2.24) is 5.32 Å². The van der Waals surface area contributed by atoms with E-state index in [1.807, 2.05) is 6.07 Å². The van der Waals surface area contributed by atoms with Gasteiger partial charge in [-0.2, -0.15) is 0 Å². The van der Waals surface area contributed by atoms with Crippen molar-refractivity contribution in [3.05, 3.63) is 29.3 Å². The lowest BCUT2D eigenvalue weighted by Gasteiger charge is -2.02. The molecule has 0 saturated carbocycles. The maximum atomic E-state index is 11.2. The van der Waals surface area contributed by atoms with Gasteiger partial charge in [0.05, 0.1) is 5.75 Å². The Morgan fingerprint density at radius 2 is 2.19 bits per heavy atom. The van der Waals surface area contributed by atoms with Crippen molar-refractivity contribution in [1.29, 1.82) is 0 Å². The third kappa shape index (κ3) is 5.04. The van der Waals surface area contributed by atoms with Gasteiger partial charge in [-0.15, -0.1) is 11.8 Å². The summed E-state index contributed by atoms with van der Waals surface area (Å²) >= 11 is 7.08. The van der Waals surface area contributed by atoms with Crippen LogP contribution in [-0.4, -0.2) is 29.3 Å². The van der Waals surface area contributed by atoms with Gasteiger partial charge in [-0.1, -0.05) is 17.7 Å². The zero-order valence-corrected chi connectivity index (χ0v) is 9.85. The summed E-state index contributed by atoms with van der Waals surface area (Å²) in [5.74, 6) is -1.19. The van der Waals surface area contributed by atoms with Crippen molar-refractivity contribution >= 4 is 35.2 Å². The van der Waals surface area contributed by atoms with E-state index in [1.54, 1.807) is 18.2 Å². The maximum Gasteiger partial charge on any atom is 0.322 e. The molecule has 2 N–H and O–H groups in total. The summed E-state index contributed by atoms with van der Waals surface area (Å²) in [5, 5.41) is 11.2. The molecular formula is C10H10ClNO3S. The van der Waals surface area contributed by atoms with Crippen LogP contribution < -0.4 is 5.32 Å². The maximum absolute atomic E-state index is 11.2. The number of halogens is 1. The SMILES string of the molecule is O=C(O)CNC(=O)CSc1cccc(Cl)c1. The first-order chi connectivity index (χ1) is 7.58. The van der Waals surface area contributed by atoms with Crippen LogP contribution in [0, 0.1) is 0 Å². The van der Waals surface area contributed by atoms with E-state index in [2.05, 4.69) is 5.32 Å². The van der Waals surface area contributed by atoms with Gasteiger partial charge in [0.2, 0.25) is 5.91 Å². The summed E-state index contributed by atoms with van der Waals surface area (Å²) in [4.78, 5) is 22.2. The van der Waals surface area contributed by atoms with E-state index in [-0.39, 0.29) is 18.2 Å². The van der Waals surface area contributed by atoms with Crippen molar-refractivity contribution in [2.45, 2.75) is 4.90 Å². The minimum absolute atomic E-state index is 0.174. The van der Waals surface area contributed by atoms with Crippen molar-refractivity contribution in [3.63, 3.8) is 0 Å². The van der Waals surface area contributed by atoms with Crippen LogP contribution in [0.4, 0.5) is 0 Å². The van der Waals surface area contributed by atoms with Crippen LogP contribution in [0.25, 0.3) is 0 Å². The molecule has 0 heterocycles. The Balaban J connectivity index is 2.34. The van der Waals surface area contributed by atoms with Crippen molar-refractivity contribution in [2.24, 2.45) is 0 Å². The Morgan fingerprint density at radius 1 is 1.44 bits per heavy atom. The van der Waals surface area contributed by atoms with Gasteiger partial charge < -0.3 is 10.4 Å². The van der Waals surface area contributed by atoms with Gasteiger partial charge in [-0.3, -0.25) is 9.59 Å². The molecule has 16 heavy (non-hydrogen) atoms. The highest BCUT2D eigenvalue weighted by Crippen LogP contribution is 2.21. The predicted octanol–water partition coefficient (Wildman–Crippen LogP) is 1.63. The zero-order chi connectivity index (χ0) is 12.0. The van der Waals surface area contributed by atoms with E-state index < -0.39 is 5.97 Å². The molecule has 6 heteroatoms. The molecule has 0 saturated heterocycles. The standard InChI is InChI=1S/C10H10ClNO3S/c11-7-2-1-3-8(4-7)16-6-9(13)12-5-10(14)15/h1-4H,5-6H2,(H,12,13)(H,14,15). The van der Waals surface area contributed by atoms with Crippen LogP contribution in [0.3, 0.4) is 0 Å². The molecule has 0 aliphatic carbocycles. The lowest BCUT2D eigenvalue weighted by atomic mass is 10.4. The molecule has 0 spiro atoms. The number of benzene rings is 1. The molecular weight excluding hydrogens is 250 g/mol. The molecule has 0 radical (unpaired) electrons. The molecule has 4 nitrogen and oxygen atoms in total. The van der Waals surface area contributed by atoms with E-state index in [4.69, 9.17) is 16.7 Å². The number of aliphatic carboxylic acids is 1. The highest BCUT2D eigenvalue weighted by Gasteiger charge is 2.04. The van der Waals surface area contributed by atoms with Gasteiger partial charge in [0.1, 0.15) is 6.54 Å². The molecule has 1 aromatic carbocycles. The first-order valence-corrected chi connectivity index (χ1v) is 5.81. The van der Waals surface area contributed by atoms with Crippen LogP contribution in [0.15, 0.2) is 29.2 Å². The minimum atomic E-state index is -1.05. The van der Waals surface area contributed by atoms with Crippen molar-refractivity contribution < 1.29 is 14.7 Å². The monoisotopic (exact) mass is 259 g/mol. The molecule has 0 bridgehead atoms. The van der Waals surface area contributed by atoms with Crippen molar-refractivity contribution in [2.75, 3.05) is 12.3 Å². The van der Waals surface area contributed by atoms with E-state index >= 15 is 0 Å². The average Bonchev–Trinajstić information content (AvgIpc) is 2.23. The summed E-state index contributed by atoms with van der Waals surface area (Å²) in [6.07, 6.45) is 0. The summed E-state index contributed by atoms with van der Waals surface area (Å²) < 4.78 is 0. The zero-order valence-electron chi connectivity index (χ0n) is 8.27. The van der Waals surface area contributed by atoms with Gasteiger partial charge >= 0.3 is 5.97 Å². The summed E-state index contributed by atoms with van der Waals surface area (Å²) in [7, 11) is 0. The molecule has 0 aliphatic rings. The minimum Gasteiger partial charge on any atom is -0.480 e. The largest absolute Gasteiger partial charge is 0.480 e. The first kappa shape index (κ1) is 12.9. The third-order valence-corrected chi connectivity index (χ3v) is 2.83.